The van der Waals surface area contributed by atoms with Gasteiger partial charge in [-0.15, -0.1) is 0 Å². The van der Waals surface area contributed by atoms with Gasteiger partial charge >= 0.3 is 0 Å². The van der Waals surface area contributed by atoms with Crippen LogP contribution < -0.4 is 10.1 Å². The highest BCUT2D eigenvalue weighted by molar-refractivity contribution is 7.89. The molecule has 0 atom stereocenters. The first kappa shape index (κ1) is 20.4. The van der Waals surface area contributed by atoms with Crippen molar-refractivity contribution in [3.8, 4) is 5.75 Å². The number of anilines is 1. The van der Waals surface area contributed by atoms with Gasteiger partial charge in [-0.25, -0.2) is 12.7 Å². The minimum Gasteiger partial charge on any atom is -0.495 e. The normalized spacial score (nSPS) is 15.8. The van der Waals surface area contributed by atoms with E-state index in [1.54, 1.807) is 12.1 Å². The van der Waals surface area contributed by atoms with Gasteiger partial charge in [0.15, 0.2) is 0 Å². The third-order valence-electron chi connectivity index (χ3n) is 5.39. The fraction of sp³-hybridized carbons (Fsp3) is 0.381. The first-order chi connectivity index (χ1) is 13.2. The molecular weight excluding hydrogens is 376 g/mol. The van der Waals surface area contributed by atoms with E-state index in [9.17, 15) is 13.2 Å². The predicted molar refractivity (Wildman–Crippen MR) is 109 cm³/mol. The number of benzene rings is 2. The molecule has 0 heterocycles. The Morgan fingerprint density at radius 2 is 1.86 bits per heavy atom. The average Bonchev–Trinajstić information content (AvgIpc) is 2.60. The molecular formula is C21H26N2O4S. The molecule has 7 heteroatoms. The molecule has 150 valence electrons. The lowest BCUT2D eigenvalue weighted by Crippen LogP contribution is -2.46. The van der Waals surface area contributed by atoms with Crippen molar-refractivity contribution in [2.75, 3.05) is 26.5 Å². The van der Waals surface area contributed by atoms with E-state index in [-0.39, 0.29) is 16.6 Å². The minimum absolute atomic E-state index is 0.0241. The second-order valence-electron chi connectivity index (χ2n) is 7.41. The van der Waals surface area contributed by atoms with Crippen molar-refractivity contribution in [3.05, 3.63) is 53.6 Å². The molecule has 0 radical (unpaired) electrons. The number of nitrogens with one attached hydrogen (secondary N) is 1. The standard InChI is InChI=1S/C21H26N2O4S/c1-15-7-5-8-16(13-15)21(11-6-12-21)20(24)22-17-9-10-18(27-4)19(14-17)28(25,26)23(2)3/h5,7-10,13-14H,6,11-12H2,1-4H3,(H,22,24). The fourth-order valence-electron chi connectivity index (χ4n) is 3.52. The number of amides is 1. The summed E-state index contributed by atoms with van der Waals surface area (Å²) in [6.45, 7) is 2.01. The summed E-state index contributed by atoms with van der Waals surface area (Å²) in [4.78, 5) is 13.2. The van der Waals surface area contributed by atoms with Crippen LogP contribution in [0.2, 0.25) is 0 Å². The summed E-state index contributed by atoms with van der Waals surface area (Å²) >= 11 is 0. The summed E-state index contributed by atoms with van der Waals surface area (Å²) in [7, 11) is 0.633. The number of rotatable bonds is 6. The van der Waals surface area contributed by atoms with Crippen LogP contribution in [0, 0.1) is 6.92 Å². The number of methoxy groups -OCH3 is 1. The molecule has 3 rings (SSSR count). The molecule has 2 aromatic carbocycles. The van der Waals surface area contributed by atoms with Crippen molar-refractivity contribution in [1.29, 1.82) is 0 Å². The van der Waals surface area contributed by atoms with E-state index in [4.69, 9.17) is 4.74 Å². The smallest absolute Gasteiger partial charge is 0.246 e. The van der Waals surface area contributed by atoms with Crippen LogP contribution in [0.15, 0.2) is 47.4 Å². The molecule has 0 bridgehead atoms. The third-order valence-corrected chi connectivity index (χ3v) is 7.23. The number of hydrogen-bond acceptors (Lipinski definition) is 4. The van der Waals surface area contributed by atoms with E-state index in [0.29, 0.717) is 5.69 Å². The molecule has 1 N–H and O–H groups in total. The topological polar surface area (TPSA) is 75.7 Å². The Morgan fingerprint density at radius 3 is 2.39 bits per heavy atom. The lowest BCUT2D eigenvalue weighted by molar-refractivity contribution is -0.124. The molecule has 0 saturated heterocycles. The Bertz CT molecular complexity index is 995. The largest absolute Gasteiger partial charge is 0.495 e. The molecule has 1 aliphatic rings. The molecule has 1 saturated carbocycles. The van der Waals surface area contributed by atoms with Crippen LogP contribution in [0.25, 0.3) is 0 Å². The van der Waals surface area contributed by atoms with E-state index < -0.39 is 15.4 Å². The van der Waals surface area contributed by atoms with Crippen LogP contribution in [0.1, 0.15) is 30.4 Å². The number of carbonyl (C=O) groups excluding carboxylic acids is 1. The van der Waals surface area contributed by atoms with Gasteiger partial charge in [0, 0.05) is 19.8 Å². The molecule has 1 aliphatic carbocycles. The molecule has 2 aromatic rings. The van der Waals surface area contributed by atoms with Crippen molar-refractivity contribution >= 4 is 21.6 Å². The maximum atomic E-state index is 13.2. The van der Waals surface area contributed by atoms with Gasteiger partial charge in [0.1, 0.15) is 10.6 Å². The second-order valence-corrected chi connectivity index (χ2v) is 9.53. The molecule has 1 amide bonds. The first-order valence-electron chi connectivity index (χ1n) is 9.20. The summed E-state index contributed by atoms with van der Waals surface area (Å²) in [6.07, 6.45) is 2.55. The number of sulfonamides is 1. The van der Waals surface area contributed by atoms with Crippen LogP contribution in [0.5, 0.6) is 5.75 Å². The summed E-state index contributed by atoms with van der Waals surface area (Å²) in [5.74, 6) is 0.131. The van der Waals surface area contributed by atoms with Gasteiger partial charge in [-0.05, 0) is 43.5 Å². The Hall–Kier alpha value is -2.38. The molecule has 0 aliphatic heterocycles. The number of carbonyl (C=O) groups is 1. The summed E-state index contributed by atoms with van der Waals surface area (Å²) in [5, 5.41) is 2.93. The van der Waals surface area contributed by atoms with Crippen LogP contribution in [-0.2, 0) is 20.2 Å². The monoisotopic (exact) mass is 402 g/mol. The third kappa shape index (κ3) is 3.52. The SMILES string of the molecule is COc1ccc(NC(=O)C2(c3cccc(C)c3)CCC2)cc1S(=O)(=O)N(C)C. The zero-order valence-corrected chi connectivity index (χ0v) is 17.5. The maximum Gasteiger partial charge on any atom is 0.246 e. The number of nitrogens with zero attached hydrogens (tertiary/aromatic N) is 1. The molecule has 1 fully saturated rings. The molecule has 0 aromatic heterocycles. The average molecular weight is 403 g/mol. The van der Waals surface area contributed by atoms with Crippen LogP contribution in [0.3, 0.4) is 0 Å². The molecule has 0 unspecified atom stereocenters. The minimum atomic E-state index is -3.71. The van der Waals surface area contributed by atoms with Crippen LogP contribution >= 0.6 is 0 Å². The highest BCUT2D eigenvalue weighted by Crippen LogP contribution is 2.45. The number of aryl methyl sites for hydroxylation is 1. The van der Waals surface area contributed by atoms with E-state index in [2.05, 4.69) is 11.4 Å². The van der Waals surface area contributed by atoms with Gasteiger partial charge in [-0.1, -0.05) is 36.2 Å². The Kier molecular flexibility index (Phi) is 5.50. The van der Waals surface area contributed by atoms with E-state index in [0.717, 1.165) is 34.7 Å². The summed E-state index contributed by atoms with van der Waals surface area (Å²) in [6, 6.07) is 12.7. The van der Waals surface area contributed by atoms with Crippen LogP contribution in [-0.4, -0.2) is 39.8 Å². The van der Waals surface area contributed by atoms with E-state index in [1.165, 1.54) is 27.3 Å². The van der Waals surface area contributed by atoms with Crippen molar-refractivity contribution in [1.82, 2.24) is 4.31 Å². The van der Waals surface area contributed by atoms with E-state index in [1.807, 2.05) is 25.1 Å². The Balaban J connectivity index is 1.94. The van der Waals surface area contributed by atoms with Gasteiger partial charge in [0.2, 0.25) is 15.9 Å². The molecule has 6 nitrogen and oxygen atoms in total. The van der Waals surface area contributed by atoms with Crippen molar-refractivity contribution in [2.24, 2.45) is 0 Å². The highest BCUT2D eigenvalue weighted by atomic mass is 32.2. The van der Waals surface area contributed by atoms with Gasteiger partial charge in [-0.2, -0.15) is 0 Å². The molecule has 28 heavy (non-hydrogen) atoms. The Morgan fingerprint density at radius 1 is 1.14 bits per heavy atom. The zero-order valence-electron chi connectivity index (χ0n) is 16.7. The zero-order chi connectivity index (χ0) is 20.5. The summed E-state index contributed by atoms with van der Waals surface area (Å²) < 4.78 is 31.5. The highest BCUT2D eigenvalue weighted by Gasteiger charge is 2.45. The fourth-order valence-corrected chi connectivity index (χ4v) is 4.60. The Labute approximate surface area is 166 Å². The lowest BCUT2D eigenvalue weighted by Gasteiger charge is -2.41. The number of hydrogen-bond donors (Lipinski definition) is 1. The van der Waals surface area contributed by atoms with Crippen LogP contribution in [0.4, 0.5) is 5.69 Å². The van der Waals surface area contributed by atoms with Gasteiger partial charge < -0.3 is 10.1 Å². The van der Waals surface area contributed by atoms with Gasteiger partial charge in [0.25, 0.3) is 0 Å². The van der Waals surface area contributed by atoms with Gasteiger partial charge in [-0.3, -0.25) is 4.79 Å². The first-order valence-corrected chi connectivity index (χ1v) is 10.6. The lowest BCUT2D eigenvalue weighted by atomic mass is 9.63. The van der Waals surface area contributed by atoms with Gasteiger partial charge in [0.05, 0.1) is 12.5 Å². The van der Waals surface area contributed by atoms with E-state index >= 15 is 0 Å². The molecule has 0 spiro atoms. The maximum absolute atomic E-state index is 13.2. The predicted octanol–water partition coefficient (Wildman–Crippen LogP) is 3.31. The van der Waals surface area contributed by atoms with Crippen molar-refractivity contribution in [3.63, 3.8) is 0 Å². The quantitative estimate of drug-likeness (QED) is 0.804. The van der Waals surface area contributed by atoms with Crippen molar-refractivity contribution in [2.45, 2.75) is 36.5 Å². The second kappa shape index (κ2) is 7.56. The van der Waals surface area contributed by atoms with Crippen molar-refractivity contribution < 1.29 is 17.9 Å². The summed E-state index contributed by atoms with van der Waals surface area (Å²) in [5.41, 5.74) is 1.99. The number of ether oxygens (including phenoxy) is 1.